The molecule has 1 fully saturated rings. The maximum absolute atomic E-state index is 13.4. The summed E-state index contributed by atoms with van der Waals surface area (Å²) in [7, 11) is 1.83. The van der Waals surface area contributed by atoms with Crippen LogP contribution in [-0.2, 0) is 33.9 Å². The van der Waals surface area contributed by atoms with E-state index in [4.69, 9.17) is 14.2 Å². The number of fused-ring (bicyclic) bond motifs is 1. The minimum absolute atomic E-state index is 0.0883. The Morgan fingerprint density at radius 2 is 1.81 bits per heavy atom. The molecule has 2 aliphatic rings. The van der Waals surface area contributed by atoms with Gasteiger partial charge < -0.3 is 24.0 Å². The first-order chi connectivity index (χ1) is 17.2. The van der Waals surface area contributed by atoms with Crippen LogP contribution < -0.4 is 0 Å². The molecule has 0 saturated heterocycles. The van der Waals surface area contributed by atoms with Gasteiger partial charge in [-0.05, 0) is 45.6 Å². The van der Waals surface area contributed by atoms with Crippen LogP contribution in [0.2, 0.25) is 0 Å². The first-order valence-corrected chi connectivity index (χ1v) is 12.7. The smallest absolute Gasteiger partial charge is 0.410 e. The van der Waals surface area contributed by atoms with Crippen LogP contribution in [0.25, 0.3) is 0 Å². The predicted octanol–water partition coefficient (Wildman–Crippen LogP) is 3.86. The van der Waals surface area contributed by atoms with Gasteiger partial charge in [0.15, 0.2) is 0 Å². The summed E-state index contributed by atoms with van der Waals surface area (Å²) in [6.07, 6.45) is 3.87. The van der Waals surface area contributed by atoms with Gasteiger partial charge in [-0.1, -0.05) is 30.3 Å². The monoisotopic (exact) mass is 498 g/mol. The summed E-state index contributed by atoms with van der Waals surface area (Å²) < 4.78 is 19.0. The second-order valence-electron chi connectivity index (χ2n) is 10.7. The van der Waals surface area contributed by atoms with E-state index in [1.165, 1.54) is 0 Å². The molecule has 196 valence electrons. The number of carbonyl (C=O) groups is 2. The van der Waals surface area contributed by atoms with Gasteiger partial charge in [0.2, 0.25) is 0 Å². The standard InChI is InChI=1S/C27H38N4O5/c1-26(2,3)36-25(33)30-13-14-31-23(18-30)22(17-28-31)24(32)29(4)27(11-12-27)20-35-16-8-15-34-19-21-9-6-5-7-10-21/h5-7,9-10,17H,8,11-16,18-20H2,1-4H3. The van der Waals surface area contributed by atoms with Crippen molar-refractivity contribution in [2.24, 2.45) is 0 Å². The van der Waals surface area contributed by atoms with Crippen LogP contribution in [0, 0.1) is 0 Å². The highest BCUT2D eigenvalue weighted by molar-refractivity contribution is 5.96. The number of carbonyl (C=O) groups excluding carboxylic acids is 2. The van der Waals surface area contributed by atoms with Gasteiger partial charge >= 0.3 is 6.09 Å². The third-order valence-electron chi connectivity index (χ3n) is 6.66. The third kappa shape index (κ3) is 6.44. The lowest BCUT2D eigenvalue weighted by Crippen LogP contribution is -2.44. The van der Waals surface area contributed by atoms with Crippen LogP contribution in [0.15, 0.2) is 36.5 Å². The Labute approximate surface area is 213 Å². The topological polar surface area (TPSA) is 86.1 Å². The van der Waals surface area contributed by atoms with Crippen molar-refractivity contribution in [2.45, 2.75) is 70.9 Å². The highest BCUT2D eigenvalue weighted by atomic mass is 16.6. The maximum atomic E-state index is 13.4. The molecule has 0 spiro atoms. The van der Waals surface area contributed by atoms with Gasteiger partial charge in [-0.3, -0.25) is 9.48 Å². The third-order valence-corrected chi connectivity index (χ3v) is 6.66. The molecule has 0 unspecified atom stereocenters. The van der Waals surface area contributed by atoms with E-state index in [9.17, 15) is 9.59 Å². The number of hydrogen-bond donors (Lipinski definition) is 0. The fourth-order valence-corrected chi connectivity index (χ4v) is 4.31. The molecule has 0 radical (unpaired) electrons. The number of aromatic nitrogens is 2. The molecule has 2 aromatic rings. The number of amides is 2. The number of likely N-dealkylation sites (N-methyl/N-ethyl adjacent to an activating group) is 1. The summed E-state index contributed by atoms with van der Waals surface area (Å²) >= 11 is 0. The molecular weight excluding hydrogens is 460 g/mol. The van der Waals surface area contributed by atoms with E-state index in [2.05, 4.69) is 5.10 Å². The quantitative estimate of drug-likeness (QED) is 0.463. The number of ether oxygens (including phenoxy) is 3. The Bertz CT molecular complexity index is 1040. The Morgan fingerprint density at radius 3 is 2.50 bits per heavy atom. The minimum atomic E-state index is -0.569. The van der Waals surface area contributed by atoms with E-state index in [0.29, 0.717) is 51.6 Å². The van der Waals surface area contributed by atoms with Crippen LogP contribution in [0.4, 0.5) is 4.79 Å². The summed E-state index contributed by atoms with van der Waals surface area (Å²) in [4.78, 5) is 29.4. The van der Waals surface area contributed by atoms with Crippen molar-refractivity contribution < 1.29 is 23.8 Å². The van der Waals surface area contributed by atoms with Crippen LogP contribution in [0.1, 0.15) is 61.6 Å². The first-order valence-electron chi connectivity index (χ1n) is 12.7. The molecule has 4 rings (SSSR count). The van der Waals surface area contributed by atoms with Crippen LogP contribution in [-0.4, -0.2) is 76.1 Å². The van der Waals surface area contributed by atoms with Crippen LogP contribution in [0.3, 0.4) is 0 Å². The van der Waals surface area contributed by atoms with Gasteiger partial charge in [-0.15, -0.1) is 0 Å². The fourth-order valence-electron chi connectivity index (χ4n) is 4.31. The van der Waals surface area contributed by atoms with Gasteiger partial charge in [0.25, 0.3) is 5.91 Å². The zero-order valence-corrected chi connectivity index (χ0v) is 21.9. The summed E-state index contributed by atoms with van der Waals surface area (Å²) in [5.74, 6) is -0.0883. The molecule has 1 aliphatic carbocycles. The highest BCUT2D eigenvalue weighted by Crippen LogP contribution is 2.42. The van der Waals surface area contributed by atoms with E-state index >= 15 is 0 Å². The maximum Gasteiger partial charge on any atom is 0.410 e. The molecule has 1 aromatic heterocycles. The first kappa shape index (κ1) is 26.2. The number of hydrogen-bond acceptors (Lipinski definition) is 6. The Hall–Kier alpha value is -2.91. The molecule has 9 heteroatoms. The van der Waals surface area contributed by atoms with Crippen molar-refractivity contribution in [3.05, 3.63) is 53.3 Å². The van der Waals surface area contributed by atoms with Crippen LogP contribution >= 0.6 is 0 Å². The molecule has 2 amide bonds. The molecule has 1 saturated carbocycles. The van der Waals surface area contributed by atoms with Crippen molar-refractivity contribution in [3.63, 3.8) is 0 Å². The SMILES string of the molecule is CN(C(=O)c1cnn2c1CN(C(=O)OC(C)(C)C)CC2)C1(COCCCOCc2ccccc2)CC1. The molecule has 36 heavy (non-hydrogen) atoms. The van der Waals surface area contributed by atoms with Gasteiger partial charge in [0.1, 0.15) is 5.60 Å². The summed E-state index contributed by atoms with van der Waals surface area (Å²) in [5.41, 5.74) is 1.59. The molecule has 0 bridgehead atoms. The Balaban J connectivity index is 1.25. The van der Waals surface area contributed by atoms with E-state index in [1.807, 2.05) is 62.8 Å². The lowest BCUT2D eigenvalue weighted by molar-refractivity contribution is 0.0190. The van der Waals surface area contributed by atoms with Gasteiger partial charge in [0, 0.05) is 26.8 Å². The molecule has 0 N–H and O–H groups in total. The fraction of sp³-hybridized carbons (Fsp3) is 0.593. The predicted molar refractivity (Wildman–Crippen MR) is 134 cm³/mol. The van der Waals surface area contributed by atoms with Crippen LogP contribution in [0.5, 0.6) is 0 Å². The van der Waals surface area contributed by atoms with E-state index in [-0.39, 0.29) is 17.5 Å². The summed E-state index contributed by atoms with van der Waals surface area (Å²) in [6.45, 7) is 9.20. The molecule has 0 atom stereocenters. The van der Waals surface area contributed by atoms with Crippen molar-refractivity contribution in [1.82, 2.24) is 19.6 Å². The van der Waals surface area contributed by atoms with Crippen molar-refractivity contribution >= 4 is 12.0 Å². The zero-order chi connectivity index (χ0) is 25.8. The molecule has 1 aliphatic heterocycles. The lowest BCUT2D eigenvalue weighted by atomic mass is 10.1. The molecule has 2 heterocycles. The van der Waals surface area contributed by atoms with Crippen molar-refractivity contribution in [2.75, 3.05) is 33.4 Å². The number of nitrogens with zero attached hydrogens (tertiary/aromatic N) is 4. The second kappa shape index (κ2) is 11.0. The molecule has 1 aromatic carbocycles. The van der Waals surface area contributed by atoms with E-state index < -0.39 is 5.60 Å². The lowest BCUT2D eigenvalue weighted by Gasteiger charge is -2.32. The minimum Gasteiger partial charge on any atom is -0.444 e. The molecule has 9 nitrogen and oxygen atoms in total. The number of rotatable bonds is 10. The number of benzene rings is 1. The Kier molecular flexibility index (Phi) is 8.00. The average Bonchev–Trinajstić information content (AvgIpc) is 3.52. The van der Waals surface area contributed by atoms with E-state index in [0.717, 1.165) is 30.5 Å². The zero-order valence-electron chi connectivity index (χ0n) is 21.9. The van der Waals surface area contributed by atoms with Gasteiger partial charge in [0.05, 0.1) is 49.3 Å². The molecular formula is C27H38N4O5. The van der Waals surface area contributed by atoms with Gasteiger partial charge in [-0.25, -0.2) is 4.79 Å². The normalized spacial score (nSPS) is 16.4. The van der Waals surface area contributed by atoms with Crippen molar-refractivity contribution in [3.8, 4) is 0 Å². The van der Waals surface area contributed by atoms with Gasteiger partial charge in [-0.2, -0.15) is 5.10 Å². The Morgan fingerprint density at radius 1 is 1.08 bits per heavy atom. The highest BCUT2D eigenvalue weighted by Gasteiger charge is 2.49. The summed E-state index contributed by atoms with van der Waals surface area (Å²) in [5, 5.41) is 4.40. The average molecular weight is 499 g/mol. The van der Waals surface area contributed by atoms with E-state index in [1.54, 1.807) is 16.0 Å². The summed E-state index contributed by atoms with van der Waals surface area (Å²) in [6, 6.07) is 10.1. The largest absolute Gasteiger partial charge is 0.444 e. The van der Waals surface area contributed by atoms with Crippen molar-refractivity contribution in [1.29, 1.82) is 0 Å². The second-order valence-corrected chi connectivity index (χ2v) is 10.7.